The van der Waals surface area contributed by atoms with Crippen molar-refractivity contribution >= 4 is 30.1 Å². The van der Waals surface area contributed by atoms with Gasteiger partial charge in [0.1, 0.15) is 0 Å². The maximum absolute atomic E-state index is 11.7. The van der Waals surface area contributed by atoms with E-state index in [0.29, 0.717) is 5.92 Å². The van der Waals surface area contributed by atoms with Crippen LogP contribution in [0.2, 0.25) is 0 Å². The summed E-state index contributed by atoms with van der Waals surface area (Å²) in [7, 11) is 0. The number of rotatable bonds is 8. The number of hydrogen-bond acceptors (Lipinski definition) is 4. The van der Waals surface area contributed by atoms with Crippen LogP contribution in [0.15, 0.2) is 0 Å². The summed E-state index contributed by atoms with van der Waals surface area (Å²) in [4.78, 5) is 14.2. The molecule has 1 saturated heterocycles. The molecule has 19 heavy (non-hydrogen) atoms. The van der Waals surface area contributed by atoms with Crippen LogP contribution in [0.4, 0.5) is 0 Å². The summed E-state index contributed by atoms with van der Waals surface area (Å²) in [5.41, 5.74) is 5.82. The Kier molecular flexibility index (Phi) is 10.8. The Labute approximate surface area is 127 Å². The minimum absolute atomic E-state index is 0. The number of nitrogens with zero attached hydrogens (tertiary/aromatic N) is 1. The topological polar surface area (TPSA) is 58.4 Å². The fourth-order valence-corrected chi connectivity index (χ4v) is 2.74. The minimum atomic E-state index is -0.351. The van der Waals surface area contributed by atoms with E-state index in [1.165, 1.54) is 25.9 Å². The number of nitrogens with one attached hydrogen (secondary N) is 1. The molecule has 1 aliphatic rings. The van der Waals surface area contributed by atoms with Gasteiger partial charge in [0.2, 0.25) is 5.91 Å². The Morgan fingerprint density at radius 3 is 2.63 bits per heavy atom. The Bertz CT molecular complexity index is 250. The molecule has 0 bridgehead atoms. The zero-order valence-corrected chi connectivity index (χ0v) is 13.7. The molecule has 1 rings (SSSR count). The zero-order valence-electron chi connectivity index (χ0n) is 12.1. The van der Waals surface area contributed by atoms with Gasteiger partial charge in [-0.1, -0.05) is 6.92 Å². The monoisotopic (exact) mass is 309 g/mol. The Balaban J connectivity index is 0.00000324. The second-order valence-electron chi connectivity index (χ2n) is 5.25. The quantitative estimate of drug-likeness (QED) is 0.710. The molecule has 0 aromatic heterocycles. The van der Waals surface area contributed by atoms with Crippen LogP contribution in [0.25, 0.3) is 0 Å². The summed E-state index contributed by atoms with van der Waals surface area (Å²) in [5.74, 6) is 1.44. The summed E-state index contributed by atoms with van der Waals surface area (Å²) in [5, 5.41) is 2.97. The normalized spacial score (nSPS) is 18.7. The molecule has 4 nitrogen and oxygen atoms in total. The van der Waals surface area contributed by atoms with Gasteiger partial charge in [-0.25, -0.2) is 0 Å². The Hall–Kier alpha value is 0.0300. The maximum Gasteiger partial charge on any atom is 0.236 e. The number of carbonyl (C=O) groups excluding carboxylic acids is 1. The molecule has 2 atom stereocenters. The standard InChI is InChI=1S/C13H27N3OS.ClH/c1-11(10-16-6-3-4-7-16)9-15-13(17)12(14)5-8-18-2;/h11-12H,3-10,14H2,1-2H3,(H,15,17);1H. The van der Waals surface area contributed by atoms with Gasteiger partial charge in [0, 0.05) is 13.1 Å². The van der Waals surface area contributed by atoms with E-state index in [2.05, 4.69) is 17.1 Å². The number of nitrogens with two attached hydrogens (primary N) is 1. The van der Waals surface area contributed by atoms with Crippen LogP contribution in [0.3, 0.4) is 0 Å². The van der Waals surface area contributed by atoms with Crippen molar-refractivity contribution in [3.05, 3.63) is 0 Å². The van der Waals surface area contributed by atoms with Gasteiger partial charge in [0.05, 0.1) is 6.04 Å². The third-order valence-corrected chi connectivity index (χ3v) is 4.01. The van der Waals surface area contributed by atoms with Crippen molar-refractivity contribution in [2.45, 2.75) is 32.2 Å². The first-order valence-corrected chi connectivity index (χ1v) is 8.27. The van der Waals surface area contributed by atoms with Gasteiger partial charge in [-0.15, -0.1) is 12.4 Å². The second-order valence-corrected chi connectivity index (χ2v) is 6.23. The molecule has 114 valence electrons. The maximum atomic E-state index is 11.7. The van der Waals surface area contributed by atoms with Gasteiger partial charge in [-0.2, -0.15) is 11.8 Å². The predicted molar refractivity (Wildman–Crippen MR) is 86.1 cm³/mol. The molecule has 1 heterocycles. The highest BCUT2D eigenvalue weighted by Crippen LogP contribution is 2.09. The van der Waals surface area contributed by atoms with E-state index in [0.717, 1.165) is 25.3 Å². The number of hydrogen-bond donors (Lipinski definition) is 2. The average molecular weight is 310 g/mol. The second kappa shape index (κ2) is 10.8. The van der Waals surface area contributed by atoms with Crippen LogP contribution in [0.1, 0.15) is 26.2 Å². The molecule has 2 unspecified atom stereocenters. The van der Waals surface area contributed by atoms with Crippen LogP contribution >= 0.6 is 24.2 Å². The zero-order chi connectivity index (χ0) is 13.4. The average Bonchev–Trinajstić information content (AvgIpc) is 2.85. The molecule has 0 radical (unpaired) electrons. The molecule has 0 aromatic rings. The van der Waals surface area contributed by atoms with E-state index >= 15 is 0 Å². The molecule has 0 aliphatic carbocycles. The van der Waals surface area contributed by atoms with Crippen LogP contribution in [0, 0.1) is 5.92 Å². The summed E-state index contributed by atoms with van der Waals surface area (Å²) in [6, 6.07) is -0.351. The lowest BCUT2D eigenvalue weighted by Gasteiger charge is -2.21. The lowest BCUT2D eigenvalue weighted by atomic mass is 10.1. The van der Waals surface area contributed by atoms with Gasteiger partial charge in [-0.3, -0.25) is 4.79 Å². The highest BCUT2D eigenvalue weighted by Gasteiger charge is 2.17. The first kappa shape index (κ1) is 19.0. The van der Waals surface area contributed by atoms with Crippen molar-refractivity contribution in [1.29, 1.82) is 0 Å². The molecule has 1 fully saturated rings. The van der Waals surface area contributed by atoms with E-state index < -0.39 is 0 Å². The SMILES string of the molecule is CSCCC(N)C(=O)NCC(C)CN1CCCC1.Cl. The summed E-state index contributed by atoms with van der Waals surface area (Å²) < 4.78 is 0. The highest BCUT2D eigenvalue weighted by atomic mass is 35.5. The smallest absolute Gasteiger partial charge is 0.236 e. The molecule has 1 aliphatic heterocycles. The third-order valence-electron chi connectivity index (χ3n) is 3.36. The number of likely N-dealkylation sites (tertiary alicyclic amines) is 1. The molecule has 3 N–H and O–H groups in total. The summed E-state index contributed by atoms with van der Waals surface area (Å²) in [6.45, 7) is 6.44. The fourth-order valence-electron chi connectivity index (χ4n) is 2.25. The van der Waals surface area contributed by atoms with E-state index in [-0.39, 0.29) is 24.4 Å². The van der Waals surface area contributed by atoms with Gasteiger partial charge in [0.25, 0.3) is 0 Å². The van der Waals surface area contributed by atoms with E-state index in [9.17, 15) is 4.79 Å². The van der Waals surface area contributed by atoms with Crippen molar-refractivity contribution in [2.75, 3.05) is 38.2 Å². The molecule has 0 spiro atoms. The Morgan fingerprint density at radius 2 is 2.05 bits per heavy atom. The van der Waals surface area contributed by atoms with Gasteiger partial charge in [0.15, 0.2) is 0 Å². The molecule has 6 heteroatoms. The fraction of sp³-hybridized carbons (Fsp3) is 0.923. The lowest BCUT2D eigenvalue weighted by Crippen LogP contribution is -2.43. The van der Waals surface area contributed by atoms with Crippen molar-refractivity contribution < 1.29 is 4.79 Å². The summed E-state index contributed by atoms with van der Waals surface area (Å²) >= 11 is 1.73. The molecular formula is C13H28ClN3OS. The van der Waals surface area contributed by atoms with Crippen molar-refractivity contribution in [3.8, 4) is 0 Å². The van der Waals surface area contributed by atoms with Crippen molar-refractivity contribution in [1.82, 2.24) is 10.2 Å². The van der Waals surface area contributed by atoms with Gasteiger partial charge < -0.3 is 16.0 Å². The molecule has 1 amide bonds. The van der Waals surface area contributed by atoms with E-state index in [4.69, 9.17) is 5.73 Å². The largest absolute Gasteiger partial charge is 0.354 e. The lowest BCUT2D eigenvalue weighted by molar-refractivity contribution is -0.122. The highest BCUT2D eigenvalue weighted by molar-refractivity contribution is 7.98. The third kappa shape index (κ3) is 8.02. The number of carbonyl (C=O) groups is 1. The van der Waals surface area contributed by atoms with E-state index in [1.807, 2.05) is 6.26 Å². The first-order chi connectivity index (χ1) is 8.63. The molecule has 0 aromatic carbocycles. The molecule has 0 saturated carbocycles. The first-order valence-electron chi connectivity index (χ1n) is 6.88. The van der Waals surface area contributed by atoms with Crippen LogP contribution in [0.5, 0.6) is 0 Å². The summed E-state index contributed by atoms with van der Waals surface area (Å²) in [6.07, 6.45) is 5.42. The molecular weight excluding hydrogens is 282 g/mol. The van der Waals surface area contributed by atoms with Crippen molar-refractivity contribution in [3.63, 3.8) is 0 Å². The van der Waals surface area contributed by atoms with Crippen molar-refractivity contribution in [2.24, 2.45) is 11.7 Å². The minimum Gasteiger partial charge on any atom is -0.354 e. The van der Waals surface area contributed by atoms with E-state index in [1.54, 1.807) is 11.8 Å². The van der Waals surface area contributed by atoms with Gasteiger partial charge >= 0.3 is 0 Å². The van der Waals surface area contributed by atoms with Crippen LogP contribution < -0.4 is 11.1 Å². The van der Waals surface area contributed by atoms with Gasteiger partial charge in [-0.05, 0) is 50.3 Å². The number of halogens is 1. The Morgan fingerprint density at radius 1 is 1.42 bits per heavy atom. The number of amides is 1. The van der Waals surface area contributed by atoms with Crippen LogP contribution in [-0.4, -0.2) is 55.0 Å². The number of thioether (sulfide) groups is 1. The van der Waals surface area contributed by atoms with Crippen LogP contribution in [-0.2, 0) is 4.79 Å². The predicted octanol–water partition coefficient (Wildman–Crippen LogP) is 1.34.